The molecule has 0 N–H and O–H groups in total. The number of aromatic nitrogens is 1. The second-order valence-electron chi connectivity index (χ2n) is 9.62. The molecule has 2 aliphatic rings. The molecule has 1 aromatic heterocycles. The van der Waals surface area contributed by atoms with Crippen LogP contribution >= 0.6 is 11.3 Å². The summed E-state index contributed by atoms with van der Waals surface area (Å²) in [6.07, 6.45) is 2.93. The molecule has 1 unspecified atom stereocenters. The maximum Gasteiger partial charge on any atom is 0.264 e. The van der Waals surface area contributed by atoms with E-state index in [0.29, 0.717) is 18.8 Å². The Morgan fingerprint density at radius 2 is 1.90 bits per heavy atom. The van der Waals surface area contributed by atoms with Gasteiger partial charge in [0, 0.05) is 24.8 Å². The van der Waals surface area contributed by atoms with E-state index >= 15 is 0 Å². The van der Waals surface area contributed by atoms with Crippen LogP contribution in [-0.2, 0) is 21.2 Å². The molecule has 0 saturated carbocycles. The summed E-state index contributed by atoms with van der Waals surface area (Å²) in [6.45, 7) is 1.15. The molecule has 3 heterocycles. The van der Waals surface area contributed by atoms with Gasteiger partial charge in [-0.3, -0.25) is 14.0 Å². The van der Waals surface area contributed by atoms with Gasteiger partial charge in [-0.25, -0.2) is 22.2 Å². The van der Waals surface area contributed by atoms with E-state index in [2.05, 4.69) is 4.98 Å². The number of rotatable bonds is 6. The van der Waals surface area contributed by atoms with Crippen molar-refractivity contribution < 1.29 is 26.7 Å². The van der Waals surface area contributed by atoms with Crippen LogP contribution in [0.15, 0.2) is 65.6 Å². The van der Waals surface area contributed by atoms with Crippen LogP contribution in [0.1, 0.15) is 35.2 Å². The van der Waals surface area contributed by atoms with Crippen molar-refractivity contribution in [1.29, 1.82) is 0 Å². The van der Waals surface area contributed by atoms with Gasteiger partial charge in [0.1, 0.15) is 11.3 Å². The van der Waals surface area contributed by atoms with Crippen LogP contribution in [-0.4, -0.2) is 45.1 Å². The van der Waals surface area contributed by atoms with E-state index in [0.717, 1.165) is 48.6 Å². The summed E-state index contributed by atoms with van der Waals surface area (Å²) in [7, 11) is -3.83. The van der Waals surface area contributed by atoms with E-state index in [4.69, 9.17) is 4.74 Å². The van der Waals surface area contributed by atoms with Gasteiger partial charge < -0.3 is 4.74 Å². The maximum absolute atomic E-state index is 14.4. The van der Waals surface area contributed by atoms with Crippen molar-refractivity contribution in [3.8, 4) is 0 Å². The average molecular weight is 570 g/mol. The number of aryl methyl sites for hydroxylation is 1. The van der Waals surface area contributed by atoms with Crippen LogP contribution in [0.4, 0.5) is 19.6 Å². The summed E-state index contributed by atoms with van der Waals surface area (Å²) in [5.74, 6) is -1.95. The van der Waals surface area contributed by atoms with Crippen LogP contribution in [0.25, 0.3) is 10.2 Å². The molecule has 2 aliphatic heterocycles. The van der Waals surface area contributed by atoms with E-state index in [1.54, 1.807) is 6.07 Å². The van der Waals surface area contributed by atoms with Crippen LogP contribution in [0, 0.1) is 11.6 Å². The molecule has 4 aromatic rings. The lowest BCUT2D eigenvalue weighted by molar-refractivity contribution is 0.0917. The lowest BCUT2D eigenvalue weighted by Crippen LogP contribution is -2.37. The highest BCUT2D eigenvalue weighted by molar-refractivity contribution is 7.92. The van der Waals surface area contributed by atoms with Crippen molar-refractivity contribution in [3.63, 3.8) is 0 Å². The number of para-hydroxylation sites is 1. The first kappa shape index (κ1) is 25.8. The monoisotopic (exact) mass is 569 g/mol. The third-order valence-corrected chi connectivity index (χ3v) is 9.90. The second kappa shape index (κ2) is 10.3. The van der Waals surface area contributed by atoms with E-state index in [-0.39, 0.29) is 38.5 Å². The molecule has 202 valence electrons. The van der Waals surface area contributed by atoms with E-state index in [9.17, 15) is 22.0 Å². The zero-order chi connectivity index (χ0) is 27.1. The molecular formula is C28H25F2N3O4S2. The first-order valence-corrected chi connectivity index (χ1v) is 15.0. The van der Waals surface area contributed by atoms with Gasteiger partial charge in [-0.05, 0) is 67.6 Å². The minimum absolute atomic E-state index is 0.00945. The molecule has 7 nitrogen and oxygen atoms in total. The van der Waals surface area contributed by atoms with E-state index in [1.807, 2.05) is 18.2 Å². The van der Waals surface area contributed by atoms with Crippen LogP contribution in [0.2, 0.25) is 0 Å². The fourth-order valence-corrected chi connectivity index (χ4v) is 7.66. The molecule has 1 saturated heterocycles. The van der Waals surface area contributed by atoms with Crippen molar-refractivity contribution in [2.75, 3.05) is 28.9 Å². The number of hydrogen-bond donors (Lipinski definition) is 0. The summed E-state index contributed by atoms with van der Waals surface area (Å²) in [5, 5.41) is 0.219. The number of benzene rings is 3. The zero-order valence-corrected chi connectivity index (χ0v) is 22.5. The van der Waals surface area contributed by atoms with Gasteiger partial charge in [-0.1, -0.05) is 29.5 Å². The number of ether oxygens (including phenoxy) is 1. The fraction of sp³-hybridized carbons (Fsp3) is 0.286. The molecule has 1 amide bonds. The average Bonchev–Trinajstić information content (AvgIpc) is 3.61. The summed E-state index contributed by atoms with van der Waals surface area (Å²) < 4.78 is 62.6. The van der Waals surface area contributed by atoms with Crippen LogP contribution < -0.4 is 9.21 Å². The van der Waals surface area contributed by atoms with Gasteiger partial charge in [0.2, 0.25) is 0 Å². The van der Waals surface area contributed by atoms with E-state index in [1.165, 1.54) is 39.5 Å². The van der Waals surface area contributed by atoms with E-state index < -0.39 is 27.6 Å². The number of sulfonamides is 1. The minimum atomic E-state index is -3.83. The summed E-state index contributed by atoms with van der Waals surface area (Å²) in [6, 6.07) is 15.2. The molecule has 1 fully saturated rings. The molecule has 39 heavy (non-hydrogen) atoms. The van der Waals surface area contributed by atoms with Crippen molar-refractivity contribution >= 4 is 48.3 Å². The number of halogens is 2. The highest BCUT2D eigenvalue weighted by Crippen LogP contribution is 2.34. The molecule has 0 aliphatic carbocycles. The van der Waals surface area contributed by atoms with Crippen molar-refractivity contribution in [3.05, 3.63) is 83.4 Å². The number of nitrogens with zero attached hydrogens (tertiary/aromatic N) is 3. The number of fused-ring (bicyclic) bond motifs is 2. The normalized spacial score (nSPS) is 17.4. The molecule has 3 aromatic carbocycles. The third-order valence-electron chi connectivity index (χ3n) is 7.05. The quantitative estimate of drug-likeness (QED) is 0.305. The largest absolute Gasteiger partial charge is 0.376 e. The molecule has 11 heteroatoms. The van der Waals surface area contributed by atoms with Gasteiger partial charge in [0.25, 0.3) is 15.9 Å². The second-order valence-corrected chi connectivity index (χ2v) is 12.5. The lowest BCUT2D eigenvalue weighted by Gasteiger charge is -2.30. The molecule has 0 radical (unpaired) electrons. The Kier molecular flexibility index (Phi) is 6.82. The third kappa shape index (κ3) is 4.90. The van der Waals surface area contributed by atoms with Crippen LogP contribution in [0.5, 0.6) is 0 Å². The Morgan fingerprint density at radius 3 is 2.67 bits per heavy atom. The highest BCUT2D eigenvalue weighted by Gasteiger charge is 2.31. The van der Waals surface area contributed by atoms with Crippen molar-refractivity contribution in [2.24, 2.45) is 0 Å². The number of carbonyl (C=O) groups excluding carboxylic acids is 1. The van der Waals surface area contributed by atoms with Gasteiger partial charge in [0.05, 0.1) is 27.9 Å². The number of carbonyl (C=O) groups is 1. The number of anilines is 2. The first-order valence-electron chi connectivity index (χ1n) is 12.7. The number of hydrogen-bond acceptors (Lipinski definition) is 6. The first-order chi connectivity index (χ1) is 18.8. The predicted molar refractivity (Wildman–Crippen MR) is 146 cm³/mol. The summed E-state index contributed by atoms with van der Waals surface area (Å²) in [5.41, 5.74) is 1.89. The molecule has 0 spiro atoms. The Morgan fingerprint density at radius 1 is 1.10 bits per heavy atom. The number of amides is 1. The molecule has 6 rings (SSSR count). The van der Waals surface area contributed by atoms with Gasteiger partial charge in [-0.2, -0.15) is 0 Å². The fourth-order valence-electron chi connectivity index (χ4n) is 5.10. The summed E-state index contributed by atoms with van der Waals surface area (Å²) >= 11 is 1.02. The predicted octanol–water partition coefficient (Wildman–Crippen LogP) is 5.54. The molecule has 1 atom stereocenters. The SMILES string of the molecule is O=C(c1ccc(S(=O)(=O)N2CCCc3ccccc32)cc1)N(CC1CCCO1)c1nc2c(F)cc(F)cc2s1. The lowest BCUT2D eigenvalue weighted by atomic mass is 10.0. The number of thiazole rings is 1. The molecule has 0 bridgehead atoms. The van der Waals surface area contributed by atoms with Gasteiger partial charge >= 0.3 is 0 Å². The highest BCUT2D eigenvalue weighted by atomic mass is 32.2. The Hall–Kier alpha value is -3.41. The van der Waals surface area contributed by atoms with Crippen LogP contribution in [0.3, 0.4) is 0 Å². The molecular weight excluding hydrogens is 544 g/mol. The standard InChI is InChI=1S/C28H25F2N3O4S2/c29-20-15-23(30)26-25(16-20)38-28(31-26)32(17-21-7-4-14-37-21)27(34)19-9-11-22(12-10-19)39(35,36)33-13-3-6-18-5-1-2-8-24(18)33/h1-2,5,8-12,15-16,21H,3-4,6-7,13-14,17H2. The van der Waals surface area contributed by atoms with Gasteiger partial charge in [-0.15, -0.1) is 0 Å². The van der Waals surface area contributed by atoms with Gasteiger partial charge in [0.15, 0.2) is 10.9 Å². The topological polar surface area (TPSA) is 79.8 Å². The maximum atomic E-state index is 14.4. The minimum Gasteiger partial charge on any atom is -0.376 e. The van der Waals surface area contributed by atoms with Crippen molar-refractivity contribution in [1.82, 2.24) is 4.98 Å². The Labute approximate surface area is 228 Å². The van der Waals surface area contributed by atoms with Crippen molar-refractivity contribution in [2.45, 2.75) is 36.7 Å². The zero-order valence-electron chi connectivity index (χ0n) is 20.8. The Bertz CT molecular complexity index is 1650. The smallest absolute Gasteiger partial charge is 0.264 e. The summed E-state index contributed by atoms with van der Waals surface area (Å²) in [4.78, 5) is 19.5. The Balaban J connectivity index is 1.31.